The number of ether oxygens (including phenoxy) is 12. The van der Waals surface area contributed by atoms with Crippen molar-refractivity contribution >= 4 is 106 Å². The fourth-order valence-electron chi connectivity index (χ4n) is 18.2. The summed E-state index contributed by atoms with van der Waals surface area (Å²) in [5.41, 5.74) is 1.83. The molecule has 764 valence electrons. The fourth-order valence-corrected chi connectivity index (χ4v) is 19.8. The molecule has 9 aliphatic rings. The van der Waals surface area contributed by atoms with Crippen LogP contribution in [0.1, 0.15) is 242 Å². The lowest BCUT2D eigenvalue weighted by Gasteiger charge is -2.43. The number of imide groups is 2. The van der Waals surface area contributed by atoms with Gasteiger partial charge in [0.05, 0.1) is 117 Å². The maximum absolute atomic E-state index is 12.9. The number of anilines is 1. The van der Waals surface area contributed by atoms with Gasteiger partial charge in [0.1, 0.15) is 53.7 Å². The number of thioether (sulfide) groups is 2. The van der Waals surface area contributed by atoms with Gasteiger partial charge in [-0.3, -0.25) is 49.0 Å². The summed E-state index contributed by atoms with van der Waals surface area (Å²) in [4.78, 5) is 161. The Balaban J connectivity index is 0.000000354. The molecule has 20 atom stereocenters. The van der Waals surface area contributed by atoms with Gasteiger partial charge in [-0.1, -0.05) is 132 Å². The molecule has 9 N–H and O–H groups in total. The highest BCUT2D eigenvalue weighted by atomic mass is 32.2. The molecule has 3 saturated carbocycles. The number of carbonyl (C=O) groups is 13. The number of carbonyl (C=O) groups excluding carboxylic acids is 13. The number of rotatable bonds is 42. The van der Waals surface area contributed by atoms with E-state index < -0.39 is 88.4 Å². The third-order valence-corrected chi connectivity index (χ3v) is 28.4. The Morgan fingerprint density at radius 3 is 1.15 bits per heavy atom. The maximum Gasteiger partial charge on any atom is 0.329 e. The average molecular weight is 1940 g/mol. The molecule has 0 aromatic heterocycles. The van der Waals surface area contributed by atoms with Crippen LogP contribution in [-0.4, -0.2) is 275 Å². The smallest absolute Gasteiger partial charge is 0.329 e. The van der Waals surface area contributed by atoms with Crippen LogP contribution < -0.4 is 47.9 Å². The number of benzene rings is 1. The molecule has 0 bridgehead atoms. The summed E-state index contributed by atoms with van der Waals surface area (Å²) < 4.78 is 69.2. The molecular weight excluding hydrogens is 1780 g/mol. The number of amides is 11. The highest BCUT2D eigenvalue weighted by molar-refractivity contribution is 8.00. The van der Waals surface area contributed by atoms with Crippen molar-refractivity contribution in [3.8, 4) is 0 Å². The monoisotopic (exact) mass is 1940 g/mol. The van der Waals surface area contributed by atoms with Crippen molar-refractivity contribution < 1.29 is 119 Å². The van der Waals surface area contributed by atoms with Crippen molar-refractivity contribution in [2.75, 3.05) is 103 Å². The van der Waals surface area contributed by atoms with E-state index in [2.05, 4.69) is 128 Å². The van der Waals surface area contributed by atoms with Crippen molar-refractivity contribution in [3.05, 3.63) is 64.8 Å². The molecule has 3 spiro atoms. The summed E-state index contributed by atoms with van der Waals surface area (Å²) in [6.07, 6.45) is 14.5. The van der Waals surface area contributed by atoms with Gasteiger partial charge in [-0.2, -0.15) is 0 Å². The van der Waals surface area contributed by atoms with Gasteiger partial charge in [0, 0.05) is 105 Å². The van der Waals surface area contributed by atoms with Crippen molar-refractivity contribution in [1.29, 1.82) is 0 Å². The van der Waals surface area contributed by atoms with Gasteiger partial charge in [0.2, 0.25) is 29.5 Å². The van der Waals surface area contributed by atoms with Crippen LogP contribution >= 0.6 is 23.5 Å². The van der Waals surface area contributed by atoms with Gasteiger partial charge in [-0.15, -0.1) is 23.5 Å². The number of allylic oxidation sites excluding steroid dienone is 3. The van der Waals surface area contributed by atoms with Gasteiger partial charge in [0.15, 0.2) is 5.78 Å². The number of esters is 2. The third kappa shape index (κ3) is 33.8. The molecule has 0 radical (unpaired) electrons. The van der Waals surface area contributed by atoms with Crippen LogP contribution in [-0.2, 0) is 111 Å². The summed E-state index contributed by atoms with van der Waals surface area (Å²) in [6.45, 7) is 36.8. The summed E-state index contributed by atoms with van der Waals surface area (Å²) in [6, 6.07) is 3.20. The van der Waals surface area contributed by atoms with Crippen LogP contribution in [0.25, 0.3) is 0 Å². The van der Waals surface area contributed by atoms with E-state index >= 15 is 0 Å². The summed E-state index contributed by atoms with van der Waals surface area (Å²) >= 11 is 2.11. The third-order valence-electron chi connectivity index (χ3n) is 26.3. The van der Waals surface area contributed by atoms with E-state index in [-0.39, 0.29) is 194 Å². The molecule has 1 unspecified atom stereocenters. The highest BCUT2D eigenvalue weighted by Crippen LogP contribution is 2.62. The van der Waals surface area contributed by atoms with E-state index in [0.717, 1.165) is 74.0 Å². The molecule has 3 aliphatic carbocycles. The van der Waals surface area contributed by atoms with E-state index in [4.69, 9.17) is 56.8 Å². The molecule has 10 rings (SSSR count). The minimum atomic E-state index is -1.05. The predicted octanol–water partition coefficient (Wildman–Crippen LogP) is 11.8. The molecule has 135 heavy (non-hydrogen) atoms. The number of epoxide rings is 6. The Kier molecular flexibility index (Phi) is 44.4. The fraction of sp³-hybridized carbons (Fsp3) is 0.747. The van der Waals surface area contributed by atoms with E-state index in [1.165, 1.54) is 30.9 Å². The lowest BCUT2D eigenvalue weighted by Crippen LogP contribution is -2.60. The number of methoxy groups -OCH3 is 5. The topological polar surface area (TPSA) is 461 Å². The Morgan fingerprint density at radius 1 is 0.452 bits per heavy atom. The molecule has 34 nitrogen and oxygen atoms in total. The minimum Gasteiger partial charge on any atom is -0.467 e. The Bertz CT molecular complexity index is 4310. The summed E-state index contributed by atoms with van der Waals surface area (Å²) in [7, 11) is 7.32. The number of ketones is 3. The first-order valence-electron chi connectivity index (χ1n) is 46.0. The summed E-state index contributed by atoms with van der Waals surface area (Å²) in [5, 5.41) is 24.6. The van der Waals surface area contributed by atoms with E-state index in [9.17, 15) is 62.3 Å². The number of Topliss-reactive ketones (excluding diaryl/α,β-unsaturated/α-hetero) is 3. The molecule has 9 fully saturated rings. The number of nitrogens with one attached hydrogen (secondary N) is 9. The Labute approximate surface area is 809 Å². The highest BCUT2D eigenvalue weighted by Gasteiger charge is 2.75. The van der Waals surface area contributed by atoms with Crippen molar-refractivity contribution in [2.45, 2.75) is 344 Å². The molecule has 36 heteroatoms. The predicted molar refractivity (Wildman–Crippen MR) is 519 cm³/mol. The first-order chi connectivity index (χ1) is 61.9. The molecule has 6 saturated heterocycles. The number of hydrogen-bond donors (Lipinski definition) is 9. The lowest BCUT2D eigenvalue weighted by atomic mass is 9.67. The SMILES string of the molecule is C.C.C.COC(=O)C(CSCC(=O)NC(=O)N[C@@H]1CC[C@]2(CO2)[C@@H]([C@]2(C)O[C@@H]2CC=C(C)C)[C@@H]1OC)NC(=O)COCC(=O)C(C)(C)C.COC(=O)[C@H](CSCC(=O)NC(=O)N[C@@H]1CC[C@]2(CO2)[C@@H]([C@]2(C)O[C@@H]2CC=C(C)C)[C@@H]1OC)NC(=O)CCC(=O)C(C)(C)C.CO[C@@H]1[C@H](NC(=O)NCCc2ccc(NC(=O)CCCC(=O)C(C)(C)C)cc2)CC[C@]2(CO2)[C@H]1[C@]1(C)O[C@@H]1CC=C(C)C. The average Bonchev–Trinajstić information content (AvgIpc) is 1.54. The number of hydrogen-bond acceptors (Lipinski definition) is 27. The largest absolute Gasteiger partial charge is 0.467 e. The summed E-state index contributed by atoms with van der Waals surface area (Å²) in [5.74, 6) is -4.08. The second-order valence-corrected chi connectivity index (χ2v) is 42.6. The Morgan fingerprint density at radius 2 is 0.807 bits per heavy atom. The molecule has 1 aromatic carbocycles. The minimum absolute atomic E-state index is 0. The van der Waals surface area contributed by atoms with Crippen LogP contribution in [0.3, 0.4) is 0 Å². The van der Waals surface area contributed by atoms with Crippen LogP contribution in [0.15, 0.2) is 59.2 Å². The van der Waals surface area contributed by atoms with E-state index in [1.54, 1.807) is 62.9 Å². The normalized spacial score (nSPS) is 28.8. The van der Waals surface area contributed by atoms with Crippen LogP contribution in [0, 0.1) is 34.0 Å². The van der Waals surface area contributed by atoms with Crippen LogP contribution in [0.4, 0.5) is 20.1 Å². The second kappa shape index (κ2) is 50.9. The van der Waals surface area contributed by atoms with Gasteiger partial charge >= 0.3 is 30.0 Å². The van der Waals surface area contributed by atoms with Gasteiger partial charge in [0.25, 0.3) is 0 Å². The van der Waals surface area contributed by atoms with Gasteiger partial charge in [-0.05, 0) is 151 Å². The quantitative estimate of drug-likeness (QED) is 0.0167. The number of urea groups is 3. The zero-order valence-electron chi connectivity index (χ0n) is 81.8. The van der Waals surface area contributed by atoms with E-state index in [0.29, 0.717) is 70.6 Å². The molecule has 6 heterocycles. The zero-order chi connectivity index (χ0) is 97.9. The van der Waals surface area contributed by atoms with Crippen molar-refractivity contribution in [3.63, 3.8) is 0 Å². The van der Waals surface area contributed by atoms with Crippen molar-refractivity contribution in [2.24, 2.45) is 34.0 Å². The molecular formula is C99H161N9O25S2. The van der Waals surface area contributed by atoms with Crippen LogP contribution in [0.5, 0.6) is 0 Å². The Hall–Kier alpha value is -7.75. The maximum atomic E-state index is 12.9. The van der Waals surface area contributed by atoms with Gasteiger partial charge < -0.3 is 94.1 Å². The lowest BCUT2D eigenvalue weighted by molar-refractivity contribution is -0.145. The second-order valence-electron chi connectivity index (χ2n) is 40.6. The standard InChI is InChI=1S/C34H51N3O6.C31H49N3O10S.C31H49N3O9S.3CH4/c1-22(2)11-16-27-33(6,43-27)30-29(41-7)25(17-19-34(30)21-42-34)37-31(40)35-20-18-23-12-14-24(15-13-23)36-28(39)10-8-9-26(38)32(3,4)5;1-18(2)9-10-22-30(6,44-22)26-25(40-7)19(11-12-31(26)17-43-31)33-28(39)34-24(37)16-45-15-20(27(38)41-8)32-23(36)14-42-13-21(35)29(3,4)5;1-18(2)9-11-22-30(6,43-22)26-25(40-7)19(13-14-31(26)17-42-31)33-28(39)34-24(37)16-44-15-20(27(38)41-8)32-23(36)12-10-21(35)29(3,4)5;;;/h11-15,25,27,29-30H,8-10,16-21H2,1-7H3,(H,36,39)(H2,35,37,40);9,19-20,22,25-26H,10-17H2,1-8H3,(H,32,36)(H2,33,34,37,39);9,19-20,22,25-26H,10-17H2,1-8H3,(H,32,36)(H2,33,34,37,39);3*1H4/t25-,27-,29-,30-,33-,34+;19-,20?,22-,25-,26-,30-,31+;19-,20+,22-,25-,26-,30-,31+;;;/m111.../s1. The van der Waals surface area contributed by atoms with Gasteiger partial charge in [-0.25, -0.2) is 24.0 Å². The molecule has 11 amide bonds. The van der Waals surface area contributed by atoms with Crippen molar-refractivity contribution in [1.82, 2.24) is 42.5 Å². The first kappa shape index (κ1) is 118. The molecule has 6 aliphatic heterocycles. The molecule has 1 aromatic rings. The first-order valence-corrected chi connectivity index (χ1v) is 48.4. The zero-order valence-corrected chi connectivity index (χ0v) is 83.5. The van der Waals surface area contributed by atoms with Crippen LogP contribution in [0.2, 0.25) is 0 Å². The van der Waals surface area contributed by atoms with E-state index in [1.807, 2.05) is 45.0 Å².